The van der Waals surface area contributed by atoms with E-state index in [1.165, 1.54) is 11.3 Å². The predicted octanol–water partition coefficient (Wildman–Crippen LogP) is 2.70. The molecule has 0 atom stereocenters. The summed E-state index contributed by atoms with van der Waals surface area (Å²) in [7, 11) is 3.97. The van der Waals surface area contributed by atoms with Crippen molar-refractivity contribution in [3.05, 3.63) is 40.3 Å². The van der Waals surface area contributed by atoms with Crippen molar-refractivity contribution in [1.29, 1.82) is 0 Å². The number of hydrogen-bond donors (Lipinski definition) is 1. The van der Waals surface area contributed by atoms with Crippen molar-refractivity contribution in [3.8, 4) is 0 Å². The summed E-state index contributed by atoms with van der Waals surface area (Å²) in [6, 6.07) is 7.78. The number of carbonyl (C=O) groups excluding carboxylic acids is 1. The van der Waals surface area contributed by atoms with Gasteiger partial charge in [0.15, 0.2) is 0 Å². The molecule has 19 heavy (non-hydrogen) atoms. The Morgan fingerprint density at radius 1 is 1.32 bits per heavy atom. The van der Waals surface area contributed by atoms with Gasteiger partial charge in [-0.05, 0) is 31.2 Å². The quantitative estimate of drug-likeness (QED) is 0.933. The van der Waals surface area contributed by atoms with E-state index < -0.39 is 0 Å². The molecule has 1 aromatic carbocycles. The molecule has 1 N–H and O–H groups in total. The fourth-order valence-corrected chi connectivity index (χ4v) is 2.47. The Bertz CT molecular complexity index is 560. The highest BCUT2D eigenvalue weighted by Gasteiger charge is 2.08. The van der Waals surface area contributed by atoms with Crippen LogP contribution in [0.5, 0.6) is 0 Å². The maximum Gasteiger partial charge on any atom is 0.229 e. The van der Waals surface area contributed by atoms with Gasteiger partial charge >= 0.3 is 0 Å². The van der Waals surface area contributed by atoms with E-state index in [0.717, 1.165) is 21.9 Å². The lowest BCUT2D eigenvalue weighted by Crippen LogP contribution is -2.14. The number of nitrogens with one attached hydrogen (secondary N) is 1. The van der Waals surface area contributed by atoms with Crippen LogP contribution in [-0.4, -0.2) is 25.0 Å². The summed E-state index contributed by atoms with van der Waals surface area (Å²) in [4.78, 5) is 19.1. The number of anilines is 2. The maximum absolute atomic E-state index is 11.9. The first-order valence-electron chi connectivity index (χ1n) is 6.02. The highest BCUT2D eigenvalue weighted by Crippen LogP contribution is 2.17. The van der Waals surface area contributed by atoms with Crippen LogP contribution >= 0.6 is 11.3 Å². The number of amides is 1. The number of hydrogen-bond acceptors (Lipinski definition) is 4. The summed E-state index contributed by atoms with van der Waals surface area (Å²) < 4.78 is 0. The molecule has 0 fully saturated rings. The van der Waals surface area contributed by atoms with Crippen LogP contribution in [0.4, 0.5) is 11.4 Å². The van der Waals surface area contributed by atoms with Gasteiger partial charge in [-0.2, -0.15) is 0 Å². The molecule has 0 saturated carbocycles. The number of carbonyl (C=O) groups is 1. The number of rotatable bonds is 4. The van der Waals surface area contributed by atoms with E-state index in [9.17, 15) is 4.79 Å². The van der Waals surface area contributed by atoms with Crippen LogP contribution < -0.4 is 10.2 Å². The lowest BCUT2D eigenvalue weighted by Gasteiger charge is -2.13. The zero-order chi connectivity index (χ0) is 13.8. The second kappa shape index (κ2) is 5.84. The highest BCUT2D eigenvalue weighted by molar-refractivity contribution is 7.09. The monoisotopic (exact) mass is 275 g/mol. The zero-order valence-corrected chi connectivity index (χ0v) is 12.1. The number of aromatic nitrogens is 1. The fraction of sp³-hybridized carbons (Fsp3) is 0.286. The van der Waals surface area contributed by atoms with Gasteiger partial charge < -0.3 is 10.2 Å². The Morgan fingerprint density at radius 3 is 2.53 bits per heavy atom. The largest absolute Gasteiger partial charge is 0.378 e. The van der Waals surface area contributed by atoms with Crippen LogP contribution in [0.1, 0.15) is 10.6 Å². The standard InChI is InChI=1S/C14H17N3OS/c1-10-13(19-9-15-10)8-14(18)16-11-4-6-12(7-5-11)17(2)3/h4-7,9H,8H2,1-3H3,(H,16,18). The van der Waals surface area contributed by atoms with Gasteiger partial charge in [-0.25, -0.2) is 4.98 Å². The summed E-state index contributed by atoms with van der Waals surface area (Å²) in [5.74, 6) is -0.00930. The van der Waals surface area contributed by atoms with Gasteiger partial charge in [0.05, 0.1) is 17.6 Å². The first kappa shape index (κ1) is 13.5. The summed E-state index contributed by atoms with van der Waals surface area (Å²) in [6.45, 7) is 1.92. The van der Waals surface area contributed by atoms with Crippen LogP contribution in [0, 0.1) is 6.92 Å². The van der Waals surface area contributed by atoms with Crippen LogP contribution in [0.15, 0.2) is 29.8 Å². The first-order valence-corrected chi connectivity index (χ1v) is 6.90. The fourth-order valence-electron chi connectivity index (χ4n) is 1.69. The average Bonchev–Trinajstić information content (AvgIpc) is 2.75. The molecule has 4 nitrogen and oxygen atoms in total. The van der Waals surface area contributed by atoms with E-state index in [1.54, 1.807) is 5.51 Å². The van der Waals surface area contributed by atoms with Crippen LogP contribution in [0.2, 0.25) is 0 Å². The molecule has 2 rings (SSSR count). The molecule has 0 aliphatic carbocycles. The summed E-state index contributed by atoms with van der Waals surface area (Å²) in [5, 5.41) is 2.89. The van der Waals surface area contributed by atoms with E-state index in [1.807, 2.05) is 50.2 Å². The molecule has 100 valence electrons. The molecule has 1 amide bonds. The maximum atomic E-state index is 11.9. The Kier molecular flexibility index (Phi) is 4.16. The summed E-state index contributed by atoms with van der Waals surface area (Å²) >= 11 is 1.52. The van der Waals surface area contributed by atoms with E-state index in [-0.39, 0.29) is 5.91 Å². The lowest BCUT2D eigenvalue weighted by molar-refractivity contribution is -0.115. The molecular weight excluding hydrogens is 258 g/mol. The second-order valence-corrected chi connectivity index (χ2v) is 5.47. The second-order valence-electron chi connectivity index (χ2n) is 4.53. The smallest absolute Gasteiger partial charge is 0.229 e. The van der Waals surface area contributed by atoms with Gasteiger partial charge in [0.1, 0.15) is 0 Å². The molecule has 5 heteroatoms. The van der Waals surface area contributed by atoms with Crippen LogP contribution in [0.25, 0.3) is 0 Å². The Balaban J connectivity index is 1.97. The third-order valence-electron chi connectivity index (χ3n) is 2.83. The van der Waals surface area contributed by atoms with Gasteiger partial charge in [-0.1, -0.05) is 0 Å². The molecule has 1 aromatic heterocycles. The third kappa shape index (κ3) is 3.54. The van der Waals surface area contributed by atoms with Gasteiger partial charge in [-0.15, -0.1) is 11.3 Å². The van der Waals surface area contributed by atoms with Crippen molar-refractivity contribution >= 4 is 28.6 Å². The van der Waals surface area contributed by atoms with Crippen molar-refractivity contribution in [2.24, 2.45) is 0 Å². The van der Waals surface area contributed by atoms with Crippen molar-refractivity contribution in [2.75, 3.05) is 24.3 Å². The molecule has 2 aromatic rings. The van der Waals surface area contributed by atoms with Gasteiger partial charge in [0, 0.05) is 30.3 Å². The van der Waals surface area contributed by atoms with Crippen LogP contribution in [0.3, 0.4) is 0 Å². The average molecular weight is 275 g/mol. The minimum atomic E-state index is -0.00930. The van der Waals surface area contributed by atoms with E-state index >= 15 is 0 Å². The molecular formula is C14H17N3OS. The Hall–Kier alpha value is -1.88. The van der Waals surface area contributed by atoms with Crippen molar-refractivity contribution in [1.82, 2.24) is 4.98 Å². The number of nitrogens with zero attached hydrogens (tertiary/aromatic N) is 2. The number of aryl methyl sites for hydroxylation is 1. The first-order chi connectivity index (χ1) is 9.06. The van der Waals surface area contributed by atoms with Gasteiger partial charge in [-0.3, -0.25) is 4.79 Å². The topological polar surface area (TPSA) is 45.2 Å². The SMILES string of the molecule is Cc1ncsc1CC(=O)Nc1ccc(N(C)C)cc1. The normalized spacial score (nSPS) is 10.3. The minimum absolute atomic E-state index is 0.00930. The Labute approximate surface area is 117 Å². The Morgan fingerprint density at radius 2 is 2.00 bits per heavy atom. The molecule has 0 aliphatic heterocycles. The van der Waals surface area contributed by atoms with Gasteiger partial charge in [0.25, 0.3) is 0 Å². The molecule has 1 heterocycles. The molecule has 0 spiro atoms. The molecule has 0 saturated heterocycles. The molecule has 0 bridgehead atoms. The molecule has 0 unspecified atom stereocenters. The number of benzene rings is 1. The van der Waals surface area contributed by atoms with Crippen LogP contribution in [-0.2, 0) is 11.2 Å². The minimum Gasteiger partial charge on any atom is -0.378 e. The van der Waals surface area contributed by atoms with E-state index in [0.29, 0.717) is 6.42 Å². The predicted molar refractivity (Wildman–Crippen MR) is 80.0 cm³/mol. The number of thiazole rings is 1. The van der Waals surface area contributed by atoms with Crippen molar-refractivity contribution < 1.29 is 4.79 Å². The van der Waals surface area contributed by atoms with Crippen molar-refractivity contribution in [3.63, 3.8) is 0 Å². The summed E-state index contributed by atoms with van der Waals surface area (Å²) in [5.41, 5.74) is 4.63. The van der Waals surface area contributed by atoms with E-state index in [2.05, 4.69) is 10.3 Å². The zero-order valence-electron chi connectivity index (χ0n) is 11.3. The summed E-state index contributed by atoms with van der Waals surface area (Å²) in [6.07, 6.45) is 0.381. The van der Waals surface area contributed by atoms with E-state index in [4.69, 9.17) is 0 Å². The highest BCUT2D eigenvalue weighted by atomic mass is 32.1. The molecule has 0 radical (unpaired) electrons. The molecule has 0 aliphatic rings. The van der Waals surface area contributed by atoms with Gasteiger partial charge in [0.2, 0.25) is 5.91 Å². The lowest BCUT2D eigenvalue weighted by atomic mass is 10.2. The third-order valence-corrected chi connectivity index (χ3v) is 3.77. The van der Waals surface area contributed by atoms with Crippen molar-refractivity contribution in [2.45, 2.75) is 13.3 Å².